The van der Waals surface area contributed by atoms with Crippen molar-refractivity contribution in [2.75, 3.05) is 7.11 Å². The molecule has 172 valence electrons. The summed E-state index contributed by atoms with van der Waals surface area (Å²) in [6.07, 6.45) is 2.63. The summed E-state index contributed by atoms with van der Waals surface area (Å²) in [4.78, 5) is 40.9. The lowest BCUT2D eigenvalue weighted by Gasteiger charge is -2.35. The molecule has 1 aromatic carbocycles. The summed E-state index contributed by atoms with van der Waals surface area (Å²) >= 11 is 0. The third-order valence-corrected chi connectivity index (χ3v) is 6.56. The van der Waals surface area contributed by atoms with Gasteiger partial charge in [-0.05, 0) is 63.8 Å². The van der Waals surface area contributed by atoms with E-state index in [1.165, 1.54) is 19.2 Å². The van der Waals surface area contributed by atoms with E-state index in [9.17, 15) is 18.8 Å². The van der Waals surface area contributed by atoms with Crippen LogP contribution in [-0.4, -0.2) is 40.3 Å². The van der Waals surface area contributed by atoms with Crippen LogP contribution in [0, 0.1) is 25.6 Å². The zero-order chi connectivity index (χ0) is 23.6. The molecule has 2 aromatic rings. The van der Waals surface area contributed by atoms with Crippen LogP contribution in [0.3, 0.4) is 0 Å². The van der Waals surface area contributed by atoms with Crippen molar-refractivity contribution in [2.45, 2.75) is 66.1 Å². The highest BCUT2D eigenvalue weighted by Crippen LogP contribution is 2.31. The van der Waals surface area contributed by atoms with Gasteiger partial charge in [-0.2, -0.15) is 0 Å². The fraction of sp³-hybridized carbons (Fsp3) is 0.480. The summed E-state index contributed by atoms with van der Waals surface area (Å²) in [7, 11) is 1.32. The molecule has 1 fully saturated rings. The van der Waals surface area contributed by atoms with Crippen LogP contribution in [0.25, 0.3) is 0 Å². The van der Waals surface area contributed by atoms with Crippen molar-refractivity contribution in [3.05, 3.63) is 58.2 Å². The van der Waals surface area contributed by atoms with Crippen LogP contribution < -0.4 is 0 Å². The molecule has 0 bridgehead atoms. The Balaban J connectivity index is 1.98. The number of halogens is 1. The fourth-order valence-corrected chi connectivity index (χ4v) is 4.45. The minimum Gasteiger partial charge on any atom is -0.464 e. The van der Waals surface area contributed by atoms with Crippen LogP contribution in [0.5, 0.6) is 0 Å². The van der Waals surface area contributed by atoms with Crippen molar-refractivity contribution in [1.82, 2.24) is 9.47 Å². The Hall–Kier alpha value is -2.96. The summed E-state index contributed by atoms with van der Waals surface area (Å²) in [6.45, 7) is 7.91. The third-order valence-electron chi connectivity index (χ3n) is 6.56. The van der Waals surface area contributed by atoms with E-state index in [2.05, 4.69) is 0 Å². The zero-order valence-electron chi connectivity index (χ0n) is 19.4. The smallest absolute Gasteiger partial charge is 0.354 e. The first-order valence-corrected chi connectivity index (χ1v) is 11.1. The van der Waals surface area contributed by atoms with E-state index in [1.54, 1.807) is 42.4 Å². The number of esters is 1. The molecule has 6 nitrogen and oxygen atoms in total. The van der Waals surface area contributed by atoms with Crippen LogP contribution in [0.2, 0.25) is 0 Å². The maximum Gasteiger partial charge on any atom is 0.354 e. The van der Waals surface area contributed by atoms with Crippen molar-refractivity contribution in [3.63, 3.8) is 0 Å². The molecule has 1 aliphatic carbocycles. The van der Waals surface area contributed by atoms with Crippen molar-refractivity contribution in [3.8, 4) is 0 Å². The Morgan fingerprint density at radius 1 is 1.19 bits per heavy atom. The van der Waals surface area contributed by atoms with Crippen molar-refractivity contribution in [1.29, 1.82) is 0 Å². The number of amides is 1. The Morgan fingerprint density at radius 2 is 1.81 bits per heavy atom. The fourth-order valence-electron chi connectivity index (χ4n) is 4.45. The first kappa shape index (κ1) is 23.7. The molecule has 1 aromatic heterocycles. The SMILES string of the molecule is CCn1c(C)c(C(=O)C(C)N(Cc2ccc(F)cc2)C(=O)C2CCC2)c(C)c1C(=O)OC. The van der Waals surface area contributed by atoms with Crippen molar-refractivity contribution >= 4 is 17.7 Å². The lowest BCUT2D eigenvalue weighted by atomic mass is 9.83. The molecule has 1 saturated carbocycles. The van der Waals surface area contributed by atoms with Gasteiger partial charge in [-0.3, -0.25) is 9.59 Å². The van der Waals surface area contributed by atoms with Crippen molar-refractivity contribution < 1.29 is 23.5 Å². The second-order valence-electron chi connectivity index (χ2n) is 8.43. The second kappa shape index (κ2) is 9.67. The van der Waals surface area contributed by atoms with E-state index in [0.717, 1.165) is 24.8 Å². The number of ketones is 1. The first-order chi connectivity index (χ1) is 15.2. The van der Waals surface area contributed by atoms with Crippen LogP contribution in [0.1, 0.15) is 70.8 Å². The van der Waals surface area contributed by atoms with Gasteiger partial charge in [0.1, 0.15) is 11.5 Å². The third kappa shape index (κ3) is 4.33. The molecular weight excluding hydrogens is 411 g/mol. The molecule has 0 aliphatic heterocycles. The first-order valence-electron chi connectivity index (χ1n) is 11.1. The number of methoxy groups -OCH3 is 1. The number of rotatable bonds is 8. The number of benzene rings is 1. The summed E-state index contributed by atoms with van der Waals surface area (Å²) < 4.78 is 20.1. The zero-order valence-corrected chi connectivity index (χ0v) is 19.4. The average molecular weight is 443 g/mol. The Morgan fingerprint density at radius 3 is 2.31 bits per heavy atom. The van der Waals surface area contributed by atoms with Crippen LogP contribution >= 0.6 is 0 Å². The topological polar surface area (TPSA) is 68.6 Å². The maximum absolute atomic E-state index is 13.7. The molecule has 1 heterocycles. The van der Waals surface area contributed by atoms with E-state index in [0.29, 0.717) is 29.1 Å². The molecule has 3 rings (SSSR count). The van der Waals surface area contributed by atoms with Gasteiger partial charge < -0.3 is 14.2 Å². The van der Waals surface area contributed by atoms with E-state index in [-0.39, 0.29) is 30.0 Å². The van der Waals surface area contributed by atoms with E-state index >= 15 is 0 Å². The maximum atomic E-state index is 13.7. The molecule has 1 atom stereocenters. The molecule has 1 amide bonds. The standard InChI is InChI=1S/C25H31FN2O4/c1-6-27-16(3)21(15(2)22(27)25(31)32-5)23(29)17(4)28(24(30)19-8-7-9-19)14-18-10-12-20(26)13-11-18/h10-13,17,19H,6-9,14H2,1-5H3. The van der Waals surface area contributed by atoms with Gasteiger partial charge in [0.05, 0.1) is 13.2 Å². The van der Waals surface area contributed by atoms with Crippen LogP contribution in [-0.2, 0) is 22.6 Å². The van der Waals surface area contributed by atoms with Crippen LogP contribution in [0.15, 0.2) is 24.3 Å². The average Bonchev–Trinajstić information content (AvgIpc) is 2.99. The molecule has 1 unspecified atom stereocenters. The summed E-state index contributed by atoms with van der Waals surface area (Å²) in [5, 5.41) is 0. The highest BCUT2D eigenvalue weighted by atomic mass is 19.1. The van der Waals surface area contributed by atoms with Gasteiger partial charge in [0, 0.05) is 30.3 Å². The molecule has 1 aliphatic rings. The molecular formula is C25H31FN2O4. The highest BCUT2D eigenvalue weighted by molar-refractivity contribution is 6.06. The van der Waals surface area contributed by atoms with E-state index < -0.39 is 12.0 Å². The van der Waals surface area contributed by atoms with E-state index in [1.807, 2.05) is 6.92 Å². The molecule has 7 heteroatoms. The van der Waals surface area contributed by atoms with E-state index in [4.69, 9.17) is 4.74 Å². The van der Waals surface area contributed by atoms with Crippen molar-refractivity contribution in [2.24, 2.45) is 5.92 Å². The number of hydrogen-bond acceptors (Lipinski definition) is 4. The number of aromatic nitrogens is 1. The number of nitrogens with zero attached hydrogens (tertiary/aromatic N) is 2. The minimum absolute atomic E-state index is 0.0557. The molecule has 0 saturated heterocycles. The highest BCUT2D eigenvalue weighted by Gasteiger charge is 2.36. The molecule has 0 N–H and O–H groups in total. The molecule has 0 radical (unpaired) electrons. The summed E-state index contributed by atoms with van der Waals surface area (Å²) in [5.41, 5.74) is 2.81. The van der Waals surface area contributed by atoms with Crippen LogP contribution in [0.4, 0.5) is 4.39 Å². The minimum atomic E-state index is -0.733. The molecule has 0 spiro atoms. The van der Waals surface area contributed by atoms with Gasteiger partial charge in [-0.25, -0.2) is 9.18 Å². The number of carbonyl (C=O) groups excluding carboxylic acids is 3. The van der Waals surface area contributed by atoms with Gasteiger partial charge in [0.15, 0.2) is 5.78 Å². The predicted octanol–water partition coefficient (Wildman–Crippen LogP) is 4.45. The second-order valence-corrected chi connectivity index (χ2v) is 8.43. The summed E-state index contributed by atoms with van der Waals surface area (Å²) in [6, 6.07) is 5.24. The van der Waals surface area contributed by atoms with Gasteiger partial charge >= 0.3 is 5.97 Å². The normalized spacial score (nSPS) is 14.6. The number of carbonyl (C=O) groups is 3. The van der Waals surface area contributed by atoms with Gasteiger partial charge in [-0.1, -0.05) is 18.6 Å². The number of Topliss-reactive ketones (excluding diaryl/α,β-unsaturated/α-hetero) is 1. The van der Waals surface area contributed by atoms with Gasteiger partial charge in [0.25, 0.3) is 0 Å². The Bertz CT molecular complexity index is 1020. The largest absolute Gasteiger partial charge is 0.464 e. The molecule has 32 heavy (non-hydrogen) atoms. The number of hydrogen-bond donors (Lipinski definition) is 0. The quantitative estimate of drug-likeness (QED) is 0.447. The predicted molar refractivity (Wildman–Crippen MR) is 119 cm³/mol. The monoisotopic (exact) mass is 442 g/mol. The lowest BCUT2D eigenvalue weighted by Crippen LogP contribution is -2.47. The lowest BCUT2D eigenvalue weighted by molar-refractivity contribution is -0.140. The Kier molecular flexibility index (Phi) is 7.16. The van der Waals surface area contributed by atoms with Gasteiger partial charge in [-0.15, -0.1) is 0 Å². The summed E-state index contributed by atoms with van der Waals surface area (Å²) in [5.74, 6) is -1.20. The van der Waals surface area contributed by atoms with Gasteiger partial charge in [0.2, 0.25) is 5.91 Å². The number of ether oxygens (including phenoxy) is 1. The Labute approximate surface area is 188 Å².